The van der Waals surface area contributed by atoms with Crippen LogP contribution >= 0.6 is 15.9 Å². The van der Waals surface area contributed by atoms with Gasteiger partial charge in [-0.2, -0.15) is 0 Å². The third-order valence-corrected chi connectivity index (χ3v) is 3.27. The minimum atomic E-state index is -0.416. The maximum absolute atomic E-state index is 13.0. The summed E-state index contributed by atoms with van der Waals surface area (Å²) in [6.07, 6.45) is 3.23. The van der Waals surface area contributed by atoms with E-state index < -0.39 is 5.82 Å². The zero-order chi connectivity index (χ0) is 13.5. The quantitative estimate of drug-likeness (QED) is 0.427. The topological polar surface area (TPSA) is 34.1 Å². The standard InChI is InChI=1S/C14H16BrFO2/c1-2-3-4-5-11(17)9-14(18)10-6-7-13(16)12(15)8-10/h6-8H,2-5,9H2,1H3. The Morgan fingerprint density at radius 2 is 2.00 bits per heavy atom. The molecule has 0 aromatic heterocycles. The minimum Gasteiger partial charge on any atom is -0.299 e. The average molecular weight is 315 g/mol. The molecule has 0 aliphatic heterocycles. The van der Waals surface area contributed by atoms with Gasteiger partial charge >= 0.3 is 0 Å². The van der Waals surface area contributed by atoms with Crippen LogP contribution in [0.1, 0.15) is 49.4 Å². The van der Waals surface area contributed by atoms with Crippen molar-refractivity contribution < 1.29 is 14.0 Å². The van der Waals surface area contributed by atoms with Gasteiger partial charge in [0.1, 0.15) is 11.6 Å². The van der Waals surface area contributed by atoms with Crippen molar-refractivity contribution in [1.82, 2.24) is 0 Å². The molecule has 98 valence electrons. The number of halogens is 2. The molecule has 0 atom stereocenters. The first kappa shape index (κ1) is 15.0. The smallest absolute Gasteiger partial charge is 0.170 e. The van der Waals surface area contributed by atoms with Gasteiger partial charge in [0.25, 0.3) is 0 Å². The zero-order valence-corrected chi connectivity index (χ0v) is 11.9. The number of benzene rings is 1. The van der Waals surface area contributed by atoms with Crippen LogP contribution < -0.4 is 0 Å². The highest BCUT2D eigenvalue weighted by Gasteiger charge is 2.13. The highest BCUT2D eigenvalue weighted by molar-refractivity contribution is 9.10. The molecule has 0 aliphatic rings. The largest absolute Gasteiger partial charge is 0.299 e. The van der Waals surface area contributed by atoms with Gasteiger partial charge in [-0.3, -0.25) is 9.59 Å². The minimum absolute atomic E-state index is 0.0473. The van der Waals surface area contributed by atoms with Crippen LogP contribution in [0, 0.1) is 5.82 Å². The summed E-state index contributed by atoms with van der Waals surface area (Å²) < 4.78 is 13.2. The Hall–Kier alpha value is -1.03. The fraction of sp³-hybridized carbons (Fsp3) is 0.429. The molecule has 0 spiro atoms. The van der Waals surface area contributed by atoms with Crippen molar-refractivity contribution in [2.75, 3.05) is 0 Å². The lowest BCUT2D eigenvalue weighted by Gasteiger charge is -2.02. The Labute approximate surface area is 115 Å². The number of carbonyl (C=O) groups is 2. The Morgan fingerprint density at radius 1 is 1.28 bits per heavy atom. The predicted molar refractivity (Wildman–Crippen MR) is 72.2 cm³/mol. The van der Waals surface area contributed by atoms with Crippen LogP contribution in [0.25, 0.3) is 0 Å². The highest BCUT2D eigenvalue weighted by atomic mass is 79.9. The third-order valence-electron chi connectivity index (χ3n) is 2.66. The molecule has 0 N–H and O–H groups in total. The first-order valence-corrected chi connectivity index (χ1v) is 6.84. The molecule has 1 rings (SSSR count). The summed E-state index contributed by atoms with van der Waals surface area (Å²) >= 11 is 3.02. The summed E-state index contributed by atoms with van der Waals surface area (Å²) in [6.45, 7) is 2.06. The number of hydrogen-bond donors (Lipinski definition) is 0. The molecule has 0 fully saturated rings. The van der Waals surface area contributed by atoms with Crippen LogP contribution in [0.3, 0.4) is 0 Å². The van der Waals surface area contributed by atoms with Gasteiger partial charge < -0.3 is 0 Å². The average Bonchev–Trinajstić information content (AvgIpc) is 2.33. The number of hydrogen-bond acceptors (Lipinski definition) is 2. The predicted octanol–water partition coefficient (Wildman–Crippen LogP) is 4.31. The molecule has 1 aromatic carbocycles. The van der Waals surface area contributed by atoms with Crippen molar-refractivity contribution in [3.63, 3.8) is 0 Å². The second-order valence-electron chi connectivity index (χ2n) is 4.22. The molecule has 0 bridgehead atoms. The first-order chi connectivity index (χ1) is 8.54. The molecule has 4 heteroatoms. The van der Waals surface area contributed by atoms with E-state index in [9.17, 15) is 14.0 Å². The molecule has 0 saturated carbocycles. The van der Waals surface area contributed by atoms with E-state index in [1.807, 2.05) is 0 Å². The van der Waals surface area contributed by atoms with E-state index in [-0.39, 0.29) is 22.5 Å². The van der Waals surface area contributed by atoms with Gasteiger partial charge in [-0.15, -0.1) is 0 Å². The fourth-order valence-corrected chi connectivity index (χ4v) is 1.99. The third kappa shape index (κ3) is 4.69. The van der Waals surface area contributed by atoms with Gasteiger partial charge in [0.2, 0.25) is 0 Å². The maximum Gasteiger partial charge on any atom is 0.170 e. The normalized spacial score (nSPS) is 10.4. The Kier molecular flexibility index (Phi) is 6.19. The molecule has 0 heterocycles. The summed E-state index contributed by atoms with van der Waals surface area (Å²) in [4.78, 5) is 23.3. The van der Waals surface area contributed by atoms with Gasteiger partial charge in [0.05, 0.1) is 10.9 Å². The monoisotopic (exact) mass is 314 g/mol. The molecule has 1 aromatic rings. The summed E-state index contributed by atoms with van der Waals surface area (Å²) in [7, 11) is 0. The summed E-state index contributed by atoms with van der Waals surface area (Å²) in [5, 5.41) is 0. The van der Waals surface area contributed by atoms with Gasteiger partial charge in [0, 0.05) is 12.0 Å². The number of rotatable bonds is 7. The van der Waals surface area contributed by atoms with Crippen LogP contribution in [0.5, 0.6) is 0 Å². The lowest BCUT2D eigenvalue weighted by molar-refractivity contribution is -0.118. The summed E-state index contributed by atoms with van der Waals surface area (Å²) in [6, 6.07) is 4.04. The number of ketones is 2. The van der Waals surface area contributed by atoms with E-state index in [0.29, 0.717) is 12.0 Å². The number of Topliss-reactive ketones (excluding diaryl/α,β-unsaturated/α-hetero) is 2. The molecular formula is C14H16BrFO2. The molecule has 0 unspecified atom stereocenters. The zero-order valence-electron chi connectivity index (χ0n) is 10.3. The van der Waals surface area contributed by atoms with Crippen molar-refractivity contribution in [2.24, 2.45) is 0 Å². The van der Waals surface area contributed by atoms with E-state index in [1.165, 1.54) is 18.2 Å². The molecule has 18 heavy (non-hydrogen) atoms. The molecule has 0 amide bonds. The Bertz CT molecular complexity index is 443. The SMILES string of the molecule is CCCCCC(=O)CC(=O)c1ccc(F)c(Br)c1. The van der Waals surface area contributed by atoms with Crippen molar-refractivity contribution >= 4 is 27.5 Å². The first-order valence-electron chi connectivity index (χ1n) is 6.04. The van der Waals surface area contributed by atoms with Gasteiger partial charge in [0.15, 0.2) is 5.78 Å². The molecule has 0 aliphatic carbocycles. The lowest BCUT2D eigenvalue weighted by atomic mass is 10.0. The lowest BCUT2D eigenvalue weighted by Crippen LogP contribution is -2.08. The van der Waals surface area contributed by atoms with E-state index in [0.717, 1.165) is 19.3 Å². The van der Waals surface area contributed by atoms with Crippen LogP contribution in [0.4, 0.5) is 4.39 Å². The number of unbranched alkanes of at least 4 members (excludes halogenated alkanes) is 2. The summed E-state index contributed by atoms with van der Waals surface area (Å²) in [5.74, 6) is -0.716. The number of carbonyl (C=O) groups excluding carboxylic acids is 2. The van der Waals surface area contributed by atoms with E-state index in [2.05, 4.69) is 22.9 Å². The van der Waals surface area contributed by atoms with Crippen LogP contribution in [-0.2, 0) is 4.79 Å². The molecule has 0 saturated heterocycles. The van der Waals surface area contributed by atoms with E-state index in [4.69, 9.17) is 0 Å². The van der Waals surface area contributed by atoms with E-state index >= 15 is 0 Å². The Morgan fingerprint density at radius 3 is 2.61 bits per heavy atom. The van der Waals surface area contributed by atoms with Crippen LogP contribution in [0.15, 0.2) is 22.7 Å². The molecule has 2 nitrogen and oxygen atoms in total. The van der Waals surface area contributed by atoms with Crippen molar-refractivity contribution in [2.45, 2.75) is 39.0 Å². The molecular weight excluding hydrogens is 299 g/mol. The van der Waals surface area contributed by atoms with Gasteiger partial charge in [-0.1, -0.05) is 19.8 Å². The Balaban J connectivity index is 2.54. The van der Waals surface area contributed by atoms with Crippen molar-refractivity contribution in [3.05, 3.63) is 34.1 Å². The van der Waals surface area contributed by atoms with Crippen LogP contribution in [0.2, 0.25) is 0 Å². The second-order valence-corrected chi connectivity index (χ2v) is 5.08. The summed E-state index contributed by atoms with van der Waals surface area (Å²) in [5.41, 5.74) is 0.368. The van der Waals surface area contributed by atoms with Crippen LogP contribution in [-0.4, -0.2) is 11.6 Å². The van der Waals surface area contributed by atoms with Gasteiger partial charge in [-0.05, 0) is 40.5 Å². The van der Waals surface area contributed by atoms with Gasteiger partial charge in [-0.25, -0.2) is 4.39 Å². The molecule has 0 radical (unpaired) electrons. The fourth-order valence-electron chi connectivity index (χ4n) is 1.61. The van der Waals surface area contributed by atoms with E-state index in [1.54, 1.807) is 0 Å². The second kappa shape index (κ2) is 7.41. The highest BCUT2D eigenvalue weighted by Crippen LogP contribution is 2.18. The maximum atomic E-state index is 13.0. The van der Waals surface area contributed by atoms with Crippen molar-refractivity contribution in [3.8, 4) is 0 Å². The van der Waals surface area contributed by atoms with Crippen molar-refractivity contribution in [1.29, 1.82) is 0 Å².